The third kappa shape index (κ3) is 3.65. The Hall–Kier alpha value is -1.46. The third-order valence-corrected chi connectivity index (χ3v) is 4.48. The number of nitrogens with one attached hydrogen (secondary N) is 1. The Bertz CT molecular complexity index is 594. The van der Waals surface area contributed by atoms with E-state index in [1.807, 2.05) is 13.8 Å². The number of amides is 3. The first kappa shape index (κ1) is 16.9. The Labute approximate surface area is 140 Å². The van der Waals surface area contributed by atoms with E-state index in [9.17, 15) is 9.59 Å². The van der Waals surface area contributed by atoms with Gasteiger partial charge in [0.1, 0.15) is 6.54 Å². The summed E-state index contributed by atoms with van der Waals surface area (Å²) in [5.41, 5.74) is 0.785. The molecule has 3 amide bonds. The highest BCUT2D eigenvalue weighted by Crippen LogP contribution is 2.26. The molecule has 1 aromatic rings. The van der Waals surface area contributed by atoms with Crippen LogP contribution in [0.15, 0.2) is 18.2 Å². The van der Waals surface area contributed by atoms with Gasteiger partial charge in [-0.05, 0) is 31.5 Å². The first-order chi connectivity index (χ1) is 10.3. The second-order valence-electron chi connectivity index (χ2n) is 5.57. The molecule has 0 aromatic heterocycles. The zero-order valence-corrected chi connectivity index (χ0v) is 14.3. The van der Waals surface area contributed by atoms with Crippen molar-refractivity contribution in [2.75, 3.05) is 20.1 Å². The largest absolute Gasteiger partial charge is 0.340 e. The summed E-state index contributed by atoms with van der Waals surface area (Å²) in [5, 5.41) is 3.92. The molecule has 2 atom stereocenters. The maximum atomic E-state index is 12.3. The number of piperazine rings is 1. The van der Waals surface area contributed by atoms with Crippen LogP contribution in [0.4, 0.5) is 4.79 Å². The van der Waals surface area contributed by atoms with E-state index in [0.29, 0.717) is 16.6 Å². The lowest BCUT2D eigenvalue weighted by Gasteiger charge is -2.37. The van der Waals surface area contributed by atoms with Crippen molar-refractivity contribution < 1.29 is 9.59 Å². The summed E-state index contributed by atoms with van der Waals surface area (Å²) in [7, 11) is 1.75. The molecule has 2 rings (SSSR count). The van der Waals surface area contributed by atoms with Crippen LogP contribution in [-0.4, -0.2) is 47.9 Å². The summed E-state index contributed by atoms with van der Waals surface area (Å²) >= 11 is 12.0. The van der Waals surface area contributed by atoms with Crippen LogP contribution in [0.25, 0.3) is 0 Å². The summed E-state index contributed by atoms with van der Waals surface area (Å²) in [6, 6.07) is 4.61. The van der Waals surface area contributed by atoms with Gasteiger partial charge >= 0.3 is 6.03 Å². The summed E-state index contributed by atoms with van der Waals surface area (Å²) in [6.07, 6.45) is 0. The van der Waals surface area contributed by atoms with E-state index in [1.54, 1.807) is 30.1 Å². The van der Waals surface area contributed by atoms with Gasteiger partial charge in [-0.3, -0.25) is 4.79 Å². The highest BCUT2D eigenvalue weighted by Gasteiger charge is 2.30. The predicted molar refractivity (Wildman–Crippen MR) is 87.2 cm³/mol. The van der Waals surface area contributed by atoms with E-state index >= 15 is 0 Å². The fourth-order valence-electron chi connectivity index (χ4n) is 2.39. The average Bonchev–Trinajstić information content (AvgIpc) is 2.43. The molecule has 5 nitrogen and oxygen atoms in total. The van der Waals surface area contributed by atoms with Crippen LogP contribution in [0.2, 0.25) is 10.0 Å². The minimum Gasteiger partial charge on any atom is -0.340 e. The molecule has 120 valence electrons. The number of hydrogen-bond donors (Lipinski definition) is 1. The van der Waals surface area contributed by atoms with E-state index in [2.05, 4.69) is 5.32 Å². The van der Waals surface area contributed by atoms with Crippen LogP contribution in [-0.2, 0) is 4.79 Å². The smallest absolute Gasteiger partial charge is 0.318 e. The first-order valence-corrected chi connectivity index (χ1v) is 7.81. The number of carbonyl (C=O) groups is 2. The first-order valence-electron chi connectivity index (χ1n) is 7.05. The molecule has 0 radical (unpaired) electrons. The fourth-order valence-corrected chi connectivity index (χ4v) is 2.96. The maximum Gasteiger partial charge on any atom is 0.318 e. The number of rotatable bonds is 2. The third-order valence-electron chi connectivity index (χ3n) is 3.92. The number of hydrogen-bond acceptors (Lipinski definition) is 2. The number of urea groups is 1. The van der Waals surface area contributed by atoms with E-state index in [4.69, 9.17) is 23.2 Å². The van der Waals surface area contributed by atoms with Gasteiger partial charge in [0.2, 0.25) is 5.91 Å². The fraction of sp³-hybridized carbons (Fsp3) is 0.467. The van der Waals surface area contributed by atoms with Gasteiger partial charge in [-0.25, -0.2) is 4.79 Å². The van der Waals surface area contributed by atoms with Gasteiger partial charge in [-0.15, -0.1) is 0 Å². The van der Waals surface area contributed by atoms with Gasteiger partial charge in [-0.1, -0.05) is 29.3 Å². The lowest BCUT2D eigenvalue weighted by molar-refractivity contribution is -0.135. The van der Waals surface area contributed by atoms with Crippen molar-refractivity contribution >= 4 is 35.1 Å². The van der Waals surface area contributed by atoms with Crippen LogP contribution in [0.5, 0.6) is 0 Å². The van der Waals surface area contributed by atoms with E-state index in [-0.39, 0.29) is 30.6 Å². The van der Waals surface area contributed by atoms with Crippen LogP contribution in [0.3, 0.4) is 0 Å². The Morgan fingerprint density at radius 3 is 2.68 bits per heavy atom. The van der Waals surface area contributed by atoms with Crippen molar-refractivity contribution in [2.45, 2.75) is 25.9 Å². The summed E-state index contributed by atoms with van der Waals surface area (Å²) in [6.45, 7) is 4.36. The minimum absolute atomic E-state index is 0.00132. The Balaban J connectivity index is 2.03. The molecule has 0 spiro atoms. The number of carbonyl (C=O) groups excluding carboxylic acids is 2. The molecule has 0 bridgehead atoms. The summed E-state index contributed by atoms with van der Waals surface area (Å²) in [4.78, 5) is 27.3. The molecule has 7 heteroatoms. The molecule has 1 N–H and O–H groups in total. The van der Waals surface area contributed by atoms with E-state index < -0.39 is 0 Å². The SMILES string of the molecule is CC1CN(C(=O)N[C@@H](C)c2ccc(Cl)cc2Cl)CC(=O)N1C. The van der Waals surface area contributed by atoms with E-state index in [1.165, 1.54) is 4.90 Å². The quantitative estimate of drug-likeness (QED) is 0.897. The molecule has 1 saturated heterocycles. The normalized spacial score (nSPS) is 20.0. The summed E-state index contributed by atoms with van der Waals surface area (Å²) < 4.78 is 0. The standard InChI is InChI=1S/C15H19Cl2N3O2/c1-9-7-20(8-14(21)19(9)3)15(22)18-10(2)12-5-4-11(16)6-13(12)17/h4-6,9-10H,7-8H2,1-3H3,(H,18,22)/t9?,10-/m0/s1. The molecule has 22 heavy (non-hydrogen) atoms. The van der Waals surface area contributed by atoms with Crippen molar-refractivity contribution in [3.8, 4) is 0 Å². The van der Waals surface area contributed by atoms with Crippen LogP contribution in [0, 0.1) is 0 Å². The second kappa shape index (κ2) is 6.75. The zero-order valence-electron chi connectivity index (χ0n) is 12.8. The zero-order chi connectivity index (χ0) is 16.4. The Kier molecular flexibility index (Phi) is 5.19. The number of likely N-dealkylation sites (N-methyl/N-ethyl adjacent to an activating group) is 1. The molecular weight excluding hydrogens is 325 g/mol. The highest BCUT2D eigenvalue weighted by molar-refractivity contribution is 6.35. The molecule has 0 aliphatic carbocycles. The van der Waals surface area contributed by atoms with Crippen LogP contribution >= 0.6 is 23.2 Å². The van der Waals surface area contributed by atoms with Crippen molar-refractivity contribution in [1.82, 2.24) is 15.1 Å². The second-order valence-corrected chi connectivity index (χ2v) is 6.41. The van der Waals surface area contributed by atoms with Gasteiger partial charge in [0, 0.05) is 29.7 Å². The van der Waals surface area contributed by atoms with Gasteiger partial charge in [0.15, 0.2) is 0 Å². The van der Waals surface area contributed by atoms with Gasteiger partial charge in [0.25, 0.3) is 0 Å². The molecule has 1 unspecified atom stereocenters. The van der Waals surface area contributed by atoms with Crippen molar-refractivity contribution in [3.05, 3.63) is 33.8 Å². The van der Waals surface area contributed by atoms with Crippen LogP contribution < -0.4 is 5.32 Å². The maximum absolute atomic E-state index is 12.3. The lowest BCUT2D eigenvalue weighted by atomic mass is 10.1. The molecule has 1 aliphatic rings. The molecule has 1 heterocycles. The number of nitrogens with zero attached hydrogens (tertiary/aromatic N) is 2. The van der Waals surface area contributed by atoms with E-state index in [0.717, 1.165) is 5.56 Å². The topological polar surface area (TPSA) is 52.7 Å². The molecule has 0 saturated carbocycles. The van der Waals surface area contributed by atoms with Gasteiger partial charge < -0.3 is 15.1 Å². The highest BCUT2D eigenvalue weighted by atomic mass is 35.5. The minimum atomic E-state index is -0.276. The predicted octanol–water partition coefficient (Wildman–Crippen LogP) is 2.93. The van der Waals surface area contributed by atoms with Gasteiger partial charge in [0.05, 0.1) is 6.04 Å². The molecule has 1 fully saturated rings. The number of halogens is 2. The molecule has 1 aliphatic heterocycles. The Morgan fingerprint density at radius 2 is 2.09 bits per heavy atom. The molecular formula is C15H19Cl2N3O2. The molecule has 1 aromatic carbocycles. The van der Waals surface area contributed by atoms with Crippen molar-refractivity contribution in [2.24, 2.45) is 0 Å². The monoisotopic (exact) mass is 343 g/mol. The van der Waals surface area contributed by atoms with Crippen LogP contribution in [0.1, 0.15) is 25.5 Å². The lowest BCUT2D eigenvalue weighted by Crippen LogP contribution is -2.57. The Morgan fingerprint density at radius 1 is 1.41 bits per heavy atom. The summed E-state index contributed by atoms with van der Waals surface area (Å²) in [5.74, 6) is -0.0638. The number of benzene rings is 1. The van der Waals surface area contributed by atoms with Gasteiger partial charge in [-0.2, -0.15) is 0 Å². The average molecular weight is 344 g/mol. The van der Waals surface area contributed by atoms with Crippen molar-refractivity contribution in [3.63, 3.8) is 0 Å². The van der Waals surface area contributed by atoms with Crippen molar-refractivity contribution in [1.29, 1.82) is 0 Å².